The van der Waals surface area contributed by atoms with Crippen LogP contribution in [0, 0.1) is 0 Å². The molecule has 2 aliphatic rings. The fraction of sp³-hybridized carbons (Fsp3) is 0.412. The van der Waals surface area contributed by atoms with Crippen LogP contribution in [0.15, 0.2) is 72.8 Å². The first-order chi connectivity index (χ1) is 20.2. The Morgan fingerprint density at radius 1 is 0.805 bits per heavy atom. The molecule has 0 aromatic heterocycles. The average molecular weight is 556 g/mol. The summed E-state index contributed by atoms with van der Waals surface area (Å²) >= 11 is 0. The maximum Gasteiger partial charge on any atom is 0.259 e. The smallest absolute Gasteiger partial charge is 0.259 e. The number of carbonyl (C=O) groups is 2. The van der Waals surface area contributed by atoms with Crippen molar-refractivity contribution < 1.29 is 19.1 Å². The van der Waals surface area contributed by atoms with Crippen molar-refractivity contribution in [3.8, 4) is 5.75 Å². The van der Waals surface area contributed by atoms with Crippen LogP contribution in [0.4, 0.5) is 11.4 Å². The summed E-state index contributed by atoms with van der Waals surface area (Å²) in [4.78, 5) is 30.9. The van der Waals surface area contributed by atoms with Gasteiger partial charge in [-0.25, -0.2) is 0 Å². The normalized spacial score (nSPS) is 15.6. The van der Waals surface area contributed by atoms with Crippen LogP contribution in [0.5, 0.6) is 5.75 Å². The Kier molecular flexibility index (Phi) is 10.4. The number of aryl methyl sites for hydroxylation is 1. The van der Waals surface area contributed by atoms with Gasteiger partial charge in [0.15, 0.2) is 0 Å². The third kappa shape index (κ3) is 7.96. The van der Waals surface area contributed by atoms with Crippen LogP contribution in [0.25, 0.3) is 0 Å². The monoisotopic (exact) mass is 555 g/mol. The summed E-state index contributed by atoms with van der Waals surface area (Å²) in [7, 11) is 0. The fourth-order valence-corrected chi connectivity index (χ4v) is 5.53. The minimum absolute atomic E-state index is 0.0166. The highest BCUT2D eigenvalue weighted by molar-refractivity contribution is 6.08. The topological polar surface area (TPSA) is 71.1 Å². The van der Waals surface area contributed by atoms with E-state index in [4.69, 9.17) is 9.47 Å². The number of unbranched alkanes of at least 4 members (excludes halogenated alkanes) is 3. The van der Waals surface area contributed by atoms with Crippen molar-refractivity contribution in [3.05, 3.63) is 89.5 Å². The number of nitrogens with zero attached hydrogens (tertiary/aromatic N) is 2. The van der Waals surface area contributed by atoms with E-state index in [0.717, 1.165) is 70.6 Å². The van der Waals surface area contributed by atoms with Gasteiger partial charge < -0.3 is 19.7 Å². The zero-order chi connectivity index (χ0) is 28.3. The molecule has 2 heterocycles. The second-order valence-corrected chi connectivity index (χ2v) is 10.8. The molecule has 0 bridgehead atoms. The molecule has 1 N–H and O–H groups in total. The zero-order valence-electron chi connectivity index (χ0n) is 23.9. The number of carbonyl (C=O) groups excluding carboxylic acids is 2. The molecule has 216 valence electrons. The molecule has 7 nitrogen and oxygen atoms in total. The summed E-state index contributed by atoms with van der Waals surface area (Å²) in [5.74, 6) is 0.341. The van der Waals surface area contributed by atoms with Crippen LogP contribution < -0.4 is 15.0 Å². The number of morpholine rings is 1. The lowest BCUT2D eigenvalue weighted by molar-refractivity contribution is 0.0371. The van der Waals surface area contributed by atoms with Crippen molar-refractivity contribution in [2.45, 2.75) is 44.9 Å². The highest BCUT2D eigenvalue weighted by Crippen LogP contribution is 2.28. The summed E-state index contributed by atoms with van der Waals surface area (Å²) in [6, 6.07) is 22.6. The number of amides is 2. The highest BCUT2D eigenvalue weighted by Gasteiger charge is 2.22. The van der Waals surface area contributed by atoms with Gasteiger partial charge >= 0.3 is 0 Å². The van der Waals surface area contributed by atoms with Crippen molar-refractivity contribution >= 4 is 23.2 Å². The second-order valence-electron chi connectivity index (χ2n) is 10.8. The van der Waals surface area contributed by atoms with Crippen molar-refractivity contribution in [2.24, 2.45) is 0 Å². The SMILES string of the molecule is O=C(Nc1ccc(C(=O)N2CCCCc3ccccc32)cc1)c1ccccc1OCCCCCCN1CCOCC1. The van der Waals surface area contributed by atoms with E-state index in [2.05, 4.69) is 16.3 Å². The number of hydrogen-bond acceptors (Lipinski definition) is 5. The average Bonchev–Trinajstić information content (AvgIpc) is 3.24. The van der Waals surface area contributed by atoms with Crippen LogP contribution in [0.1, 0.15) is 64.8 Å². The van der Waals surface area contributed by atoms with Gasteiger partial charge in [0.25, 0.3) is 11.8 Å². The second kappa shape index (κ2) is 14.8. The van der Waals surface area contributed by atoms with Crippen molar-refractivity contribution in [2.75, 3.05) is 56.2 Å². The molecule has 0 aliphatic carbocycles. The van der Waals surface area contributed by atoms with Crippen LogP contribution in [0.2, 0.25) is 0 Å². The minimum atomic E-state index is -0.230. The van der Waals surface area contributed by atoms with Gasteiger partial charge in [0.05, 0.1) is 25.4 Å². The highest BCUT2D eigenvalue weighted by atomic mass is 16.5. The number of fused-ring (bicyclic) bond motifs is 1. The summed E-state index contributed by atoms with van der Waals surface area (Å²) < 4.78 is 11.4. The molecule has 0 radical (unpaired) electrons. The number of para-hydroxylation sites is 2. The van der Waals surface area contributed by atoms with Crippen LogP contribution >= 0.6 is 0 Å². The van der Waals surface area contributed by atoms with Crippen LogP contribution in [-0.2, 0) is 11.2 Å². The molecule has 0 atom stereocenters. The van der Waals surface area contributed by atoms with Gasteiger partial charge in [0.2, 0.25) is 0 Å². The van der Waals surface area contributed by atoms with E-state index in [0.29, 0.717) is 35.7 Å². The molecule has 1 fully saturated rings. The van der Waals surface area contributed by atoms with Crippen molar-refractivity contribution in [1.82, 2.24) is 4.90 Å². The van der Waals surface area contributed by atoms with E-state index in [1.165, 1.54) is 18.4 Å². The van der Waals surface area contributed by atoms with Gasteiger partial charge in [-0.15, -0.1) is 0 Å². The molecule has 2 aliphatic heterocycles. The van der Waals surface area contributed by atoms with Gasteiger partial charge in [0, 0.05) is 36.6 Å². The number of ether oxygens (including phenoxy) is 2. The molecule has 2 amide bonds. The van der Waals surface area contributed by atoms with E-state index >= 15 is 0 Å². The Morgan fingerprint density at radius 2 is 1.56 bits per heavy atom. The first-order valence-electron chi connectivity index (χ1n) is 15.0. The predicted molar refractivity (Wildman–Crippen MR) is 163 cm³/mol. The molecule has 0 spiro atoms. The van der Waals surface area contributed by atoms with Gasteiger partial charge in [-0.1, -0.05) is 43.2 Å². The van der Waals surface area contributed by atoms with E-state index in [-0.39, 0.29) is 11.8 Å². The van der Waals surface area contributed by atoms with Gasteiger partial charge in [-0.2, -0.15) is 0 Å². The maximum absolute atomic E-state index is 13.4. The number of hydrogen-bond donors (Lipinski definition) is 1. The summed E-state index contributed by atoms with van der Waals surface area (Å²) in [5, 5.41) is 2.96. The lowest BCUT2D eigenvalue weighted by Gasteiger charge is -2.26. The van der Waals surface area contributed by atoms with Crippen molar-refractivity contribution in [1.29, 1.82) is 0 Å². The Morgan fingerprint density at radius 3 is 2.41 bits per heavy atom. The largest absolute Gasteiger partial charge is 0.493 e. The third-order valence-electron chi connectivity index (χ3n) is 7.86. The Balaban J connectivity index is 1.11. The molecule has 0 saturated carbocycles. The van der Waals surface area contributed by atoms with E-state index < -0.39 is 0 Å². The van der Waals surface area contributed by atoms with Crippen LogP contribution in [-0.4, -0.2) is 62.7 Å². The van der Waals surface area contributed by atoms with E-state index in [9.17, 15) is 9.59 Å². The number of benzene rings is 3. The Bertz CT molecular complexity index is 1290. The first kappa shape index (κ1) is 28.8. The first-order valence-corrected chi connectivity index (χ1v) is 15.0. The zero-order valence-corrected chi connectivity index (χ0v) is 23.9. The van der Waals surface area contributed by atoms with Gasteiger partial charge in [0.1, 0.15) is 5.75 Å². The predicted octanol–water partition coefficient (Wildman–Crippen LogP) is 6.19. The van der Waals surface area contributed by atoms with Gasteiger partial charge in [-0.3, -0.25) is 14.5 Å². The molecule has 7 heteroatoms. The number of nitrogens with one attached hydrogen (secondary N) is 1. The standard InChI is InChI=1S/C34H41N3O4/c38-33(30-13-4-6-15-32(30)41-24-10-2-1-8-20-36-22-25-40-26-23-36)35-29-18-16-28(17-19-29)34(39)37-21-9-7-12-27-11-3-5-14-31(27)37/h3-6,11,13-19H,1-2,7-10,12,20-26H2,(H,35,38). The molecular formula is C34H41N3O4. The van der Waals surface area contributed by atoms with Crippen LogP contribution in [0.3, 0.4) is 0 Å². The molecule has 0 unspecified atom stereocenters. The maximum atomic E-state index is 13.4. The molecule has 41 heavy (non-hydrogen) atoms. The van der Waals surface area contributed by atoms with E-state index in [1.807, 2.05) is 41.3 Å². The van der Waals surface area contributed by atoms with Crippen molar-refractivity contribution in [3.63, 3.8) is 0 Å². The summed E-state index contributed by atoms with van der Waals surface area (Å²) in [6.45, 7) is 6.20. The number of anilines is 2. The Hall–Kier alpha value is -3.68. The molecule has 3 aromatic carbocycles. The third-order valence-corrected chi connectivity index (χ3v) is 7.86. The number of rotatable bonds is 11. The molecule has 3 aromatic rings. The summed E-state index contributed by atoms with van der Waals surface area (Å²) in [6.07, 6.45) is 7.46. The molecule has 1 saturated heterocycles. The Labute approximate surface area is 243 Å². The molecular weight excluding hydrogens is 514 g/mol. The van der Waals surface area contributed by atoms with Gasteiger partial charge in [-0.05, 0) is 86.7 Å². The summed E-state index contributed by atoms with van der Waals surface area (Å²) in [5.41, 5.74) is 3.95. The lowest BCUT2D eigenvalue weighted by atomic mass is 10.1. The minimum Gasteiger partial charge on any atom is -0.493 e. The van der Waals surface area contributed by atoms with E-state index in [1.54, 1.807) is 30.3 Å². The molecule has 5 rings (SSSR count). The lowest BCUT2D eigenvalue weighted by Crippen LogP contribution is -2.36. The fourth-order valence-electron chi connectivity index (χ4n) is 5.53. The quantitative estimate of drug-likeness (QED) is 0.286.